The maximum Gasteiger partial charge on any atom is 0.332 e. The summed E-state index contributed by atoms with van der Waals surface area (Å²) in [6.45, 7) is 6.12. The summed E-state index contributed by atoms with van der Waals surface area (Å²) >= 11 is 0. The van der Waals surface area contributed by atoms with Gasteiger partial charge in [-0.15, -0.1) is 0 Å². The van der Waals surface area contributed by atoms with Crippen molar-refractivity contribution in [3.05, 3.63) is 0 Å². The molecule has 0 saturated carbocycles. The predicted molar refractivity (Wildman–Crippen MR) is 59.3 cm³/mol. The first kappa shape index (κ1) is 15.3. The van der Waals surface area contributed by atoms with Gasteiger partial charge in [-0.2, -0.15) is 0 Å². The highest BCUT2D eigenvalue weighted by atomic mass is 16.6. The van der Waals surface area contributed by atoms with Crippen molar-refractivity contribution in [2.24, 2.45) is 0 Å². The quantitative estimate of drug-likeness (QED) is 0.615. The van der Waals surface area contributed by atoms with Gasteiger partial charge in [-0.1, -0.05) is 0 Å². The number of methoxy groups -OCH3 is 2. The maximum absolute atomic E-state index is 11.3. The topological polar surface area (TPSA) is 54.0 Å². The summed E-state index contributed by atoms with van der Waals surface area (Å²) in [5.41, 5.74) is -0.488. The largest absolute Gasteiger partial charge is 0.458 e. The van der Waals surface area contributed by atoms with Crippen molar-refractivity contribution in [1.82, 2.24) is 0 Å². The molecule has 0 radical (unpaired) electrons. The summed E-state index contributed by atoms with van der Waals surface area (Å²) in [6, 6.07) is 0. The number of esters is 1. The lowest BCUT2D eigenvalue weighted by molar-refractivity contribution is -0.164. The van der Waals surface area contributed by atoms with Crippen LogP contribution in [-0.2, 0) is 23.7 Å². The third-order valence-electron chi connectivity index (χ3n) is 1.56. The molecule has 0 aliphatic heterocycles. The Hall–Kier alpha value is -0.650. The molecule has 0 rings (SSSR count). The second-order valence-electron chi connectivity index (χ2n) is 4.43. The van der Waals surface area contributed by atoms with E-state index in [4.69, 9.17) is 18.9 Å². The number of ether oxygens (including phenoxy) is 4. The molecule has 0 spiro atoms. The van der Waals surface area contributed by atoms with E-state index >= 15 is 0 Å². The molecule has 0 atom stereocenters. The smallest absolute Gasteiger partial charge is 0.332 e. The van der Waals surface area contributed by atoms with Gasteiger partial charge >= 0.3 is 5.97 Å². The van der Waals surface area contributed by atoms with Crippen LogP contribution >= 0.6 is 0 Å². The van der Waals surface area contributed by atoms with Crippen molar-refractivity contribution in [2.75, 3.05) is 34.0 Å². The standard InChI is InChI=1S/C11H22O5/c1-11(2,3)16-10(12)8-15-9(6-13-4)7-14-5/h9H,6-8H2,1-5H3. The van der Waals surface area contributed by atoms with Crippen molar-refractivity contribution in [2.45, 2.75) is 32.5 Å². The van der Waals surface area contributed by atoms with E-state index in [0.29, 0.717) is 13.2 Å². The lowest BCUT2D eigenvalue weighted by Crippen LogP contribution is -2.31. The summed E-state index contributed by atoms with van der Waals surface area (Å²) in [5, 5.41) is 0. The van der Waals surface area contributed by atoms with Crippen LogP contribution in [-0.4, -0.2) is 51.7 Å². The normalized spacial score (nSPS) is 11.9. The van der Waals surface area contributed by atoms with E-state index in [1.165, 1.54) is 0 Å². The summed E-state index contributed by atoms with van der Waals surface area (Å²) in [6.07, 6.45) is -0.248. The second kappa shape index (κ2) is 7.60. The Labute approximate surface area is 97.0 Å². The SMILES string of the molecule is COCC(COC)OCC(=O)OC(C)(C)C. The van der Waals surface area contributed by atoms with Crippen LogP contribution in [0.1, 0.15) is 20.8 Å². The minimum atomic E-state index is -0.488. The highest BCUT2D eigenvalue weighted by Gasteiger charge is 2.18. The van der Waals surface area contributed by atoms with Gasteiger partial charge in [0.2, 0.25) is 0 Å². The van der Waals surface area contributed by atoms with Gasteiger partial charge in [-0.25, -0.2) is 4.79 Å². The number of carbonyl (C=O) groups is 1. The van der Waals surface area contributed by atoms with Crippen molar-refractivity contribution >= 4 is 5.97 Å². The number of rotatable bonds is 7. The van der Waals surface area contributed by atoms with Gasteiger partial charge in [-0.3, -0.25) is 0 Å². The molecule has 0 unspecified atom stereocenters. The van der Waals surface area contributed by atoms with Crippen LogP contribution < -0.4 is 0 Å². The number of hydrogen-bond acceptors (Lipinski definition) is 5. The fourth-order valence-corrected chi connectivity index (χ4v) is 1.07. The maximum atomic E-state index is 11.3. The summed E-state index contributed by atoms with van der Waals surface area (Å²) in [7, 11) is 3.14. The van der Waals surface area contributed by atoms with E-state index in [-0.39, 0.29) is 18.7 Å². The monoisotopic (exact) mass is 234 g/mol. The molecule has 5 nitrogen and oxygen atoms in total. The van der Waals surface area contributed by atoms with Gasteiger partial charge in [0, 0.05) is 14.2 Å². The van der Waals surface area contributed by atoms with E-state index in [0.717, 1.165) is 0 Å². The van der Waals surface area contributed by atoms with Gasteiger partial charge in [0.1, 0.15) is 18.3 Å². The molecule has 0 aliphatic carbocycles. The first-order chi connectivity index (χ1) is 7.39. The molecule has 0 aromatic carbocycles. The van der Waals surface area contributed by atoms with Crippen LogP contribution in [0.25, 0.3) is 0 Å². The van der Waals surface area contributed by atoms with Gasteiger partial charge in [0.25, 0.3) is 0 Å². The minimum absolute atomic E-state index is 0.0886. The lowest BCUT2D eigenvalue weighted by Gasteiger charge is -2.21. The van der Waals surface area contributed by atoms with Gasteiger partial charge in [0.05, 0.1) is 13.2 Å². The molecule has 0 heterocycles. The molecule has 0 aromatic heterocycles. The molecular weight excluding hydrogens is 212 g/mol. The molecule has 0 saturated heterocycles. The highest BCUT2D eigenvalue weighted by Crippen LogP contribution is 2.07. The molecule has 0 aromatic rings. The molecule has 0 amide bonds. The number of carbonyl (C=O) groups excluding carboxylic acids is 1. The van der Waals surface area contributed by atoms with Gasteiger partial charge in [-0.05, 0) is 20.8 Å². The van der Waals surface area contributed by atoms with Crippen molar-refractivity contribution in [1.29, 1.82) is 0 Å². The summed E-state index contributed by atoms with van der Waals surface area (Å²) in [4.78, 5) is 11.3. The first-order valence-electron chi connectivity index (χ1n) is 5.20. The number of hydrogen-bond donors (Lipinski definition) is 0. The van der Waals surface area contributed by atoms with E-state index in [1.807, 2.05) is 20.8 Å². The third-order valence-corrected chi connectivity index (χ3v) is 1.56. The average molecular weight is 234 g/mol. The second-order valence-corrected chi connectivity index (χ2v) is 4.43. The first-order valence-corrected chi connectivity index (χ1v) is 5.20. The van der Waals surface area contributed by atoms with Crippen LogP contribution in [0.2, 0.25) is 0 Å². The molecule has 0 bridgehead atoms. The van der Waals surface area contributed by atoms with Crippen LogP contribution in [0.15, 0.2) is 0 Å². The zero-order chi connectivity index (χ0) is 12.6. The molecule has 0 aliphatic rings. The Morgan fingerprint density at radius 1 is 1.12 bits per heavy atom. The van der Waals surface area contributed by atoms with E-state index in [1.54, 1.807) is 14.2 Å². The minimum Gasteiger partial charge on any atom is -0.458 e. The van der Waals surface area contributed by atoms with Gasteiger partial charge in [0.15, 0.2) is 0 Å². The third kappa shape index (κ3) is 8.64. The molecule has 0 N–H and O–H groups in total. The Morgan fingerprint density at radius 2 is 1.62 bits per heavy atom. The molecule has 96 valence electrons. The average Bonchev–Trinajstić information content (AvgIpc) is 2.12. The van der Waals surface area contributed by atoms with E-state index in [9.17, 15) is 4.79 Å². The van der Waals surface area contributed by atoms with Crippen LogP contribution in [0, 0.1) is 0 Å². The van der Waals surface area contributed by atoms with E-state index < -0.39 is 5.60 Å². The van der Waals surface area contributed by atoms with Crippen molar-refractivity contribution in [3.8, 4) is 0 Å². The van der Waals surface area contributed by atoms with Crippen LogP contribution in [0.5, 0.6) is 0 Å². The van der Waals surface area contributed by atoms with E-state index in [2.05, 4.69) is 0 Å². The Balaban J connectivity index is 3.86. The zero-order valence-electron chi connectivity index (χ0n) is 10.7. The fourth-order valence-electron chi connectivity index (χ4n) is 1.07. The molecule has 0 fully saturated rings. The lowest BCUT2D eigenvalue weighted by atomic mass is 10.2. The summed E-state index contributed by atoms with van der Waals surface area (Å²) in [5.74, 6) is -0.385. The Morgan fingerprint density at radius 3 is 2.00 bits per heavy atom. The Kier molecular flexibility index (Phi) is 7.29. The predicted octanol–water partition coefficient (Wildman–Crippen LogP) is 1.01. The Bertz CT molecular complexity index is 191. The van der Waals surface area contributed by atoms with Gasteiger partial charge < -0.3 is 18.9 Å². The van der Waals surface area contributed by atoms with Crippen LogP contribution in [0.3, 0.4) is 0 Å². The van der Waals surface area contributed by atoms with Crippen LogP contribution in [0.4, 0.5) is 0 Å². The zero-order valence-corrected chi connectivity index (χ0v) is 10.7. The molecule has 5 heteroatoms. The highest BCUT2D eigenvalue weighted by molar-refractivity contribution is 5.71. The fraction of sp³-hybridized carbons (Fsp3) is 0.909. The van der Waals surface area contributed by atoms with Crippen molar-refractivity contribution in [3.63, 3.8) is 0 Å². The molecular formula is C11H22O5. The van der Waals surface area contributed by atoms with Crippen molar-refractivity contribution < 1.29 is 23.7 Å². The summed E-state index contributed by atoms with van der Waals surface area (Å²) < 4.78 is 20.3. The molecule has 16 heavy (non-hydrogen) atoms.